The van der Waals surface area contributed by atoms with E-state index >= 15 is 0 Å². The van der Waals surface area contributed by atoms with E-state index in [1.807, 2.05) is 17.9 Å². The average molecular weight is 204 g/mol. The molecule has 2 rings (SSSR count). The van der Waals surface area contributed by atoms with Crippen molar-refractivity contribution in [2.75, 3.05) is 6.54 Å². The molecule has 0 radical (unpaired) electrons. The average Bonchev–Trinajstić information content (AvgIpc) is 2.63. The lowest BCUT2D eigenvalue weighted by Gasteiger charge is -2.21. The smallest absolute Gasteiger partial charge is 0.255 e. The Labute approximate surface area is 90.1 Å². The highest BCUT2D eigenvalue weighted by atomic mass is 16.2. The van der Waals surface area contributed by atoms with E-state index in [-0.39, 0.29) is 5.91 Å². The topological polar surface area (TPSA) is 33.2 Å². The number of hydrogen-bond donors (Lipinski definition) is 0. The predicted molar refractivity (Wildman–Crippen MR) is 58.7 cm³/mol. The summed E-state index contributed by atoms with van der Waals surface area (Å²) in [5.74, 6) is 0.121. The van der Waals surface area contributed by atoms with E-state index in [9.17, 15) is 4.79 Å². The summed E-state index contributed by atoms with van der Waals surface area (Å²) in [5.41, 5.74) is 1.75. The van der Waals surface area contributed by atoms with Gasteiger partial charge in [-0.25, -0.2) is 0 Å². The number of rotatable bonds is 1. The molecule has 15 heavy (non-hydrogen) atoms. The van der Waals surface area contributed by atoms with Crippen molar-refractivity contribution in [1.29, 1.82) is 0 Å². The first kappa shape index (κ1) is 10.1. The minimum Gasteiger partial charge on any atom is -0.336 e. The molecule has 1 amide bonds. The van der Waals surface area contributed by atoms with Crippen LogP contribution in [0.5, 0.6) is 0 Å². The van der Waals surface area contributed by atoms with Gasteiger partial charge in [0.15, 0.2) is 0 Å². The molecule has 0 aromatic carbocycles. The van der Waals surface area contributed by atoms with Gasteiger partial charge in [-0.1, -0.05) is 0 Å². The largest absolute Gasteiger partial charge is 0.336 e. The quantitative estimate of drug-likeness (QED) is 0.701. The Morgan fingerprint density at radius 3 is 2.93 bits per heavy atom. The number of nitrogens with zero attached hydrogens (tertiary/aromatic N) is 2. The minimum atomic E-state index is 0.121. The van der Waals surface area contributed by atoms with Crippen LogP contribution < -0.4 is 0 Å². The zero-order chi connectivity index (χ0) is 10.8. The number of likely N-dealkylation sites (tertiary alicyclic amines) is 1. The number of carbonyl (C=O) groups is 1. The summed E-state index contributed by atoms with van der Waals surface area (Å²) in [5, 5.41) is 0. The standard InChI is InChI=1S/C12H16N2O/c1-9-6-11(8-13-7-9)12(15)14-5-3-4-10(14)2/h6-8,10H,3-5H2,1-2H3/t10-/m1/s1. The summed E-state index contributed by atoms with van der Waals surface area (Å²) in [6.45, 7) is 4.94. The van der Waals surface area contributed by atoms with E-state index < -0.39 is 0 Å². The van der Waals surface area contributed by atoms with Crippen molar-refractivity contribution in [3.05, 3.63) is 29.6 Å². The Morgan fingerprint density at radius 2 is 2.33 bits per heavy atom. The Kier molecular flexibility index (Phi) is 2.71. The second-order valence-corrected chi connectivity index (χ2v) is 4.24. The van der Waals surface area contributed by atoms with Crippen molar-refractivity contribution in [3.63, 3.8) is 0 Å². The van der Waals surface area contributed by atoms with Crippen LogP contribution in [-0.2, 0) is 0 Å². The molecule has 1 aliphatic heterocycles. The maximum absolute atomic E-state index is 12.1. The highest BCUT2D eigenvalue weighted by Crippen LogP contribution is 2.19. The van der Waals surface area contributed by atoms with Crippen molar-refractivity contribution >= 4 is 5.91 Å². The predicted octanol–water partition coefficient (Wildman–Crippen LogP) is 2.01. The molecule has 0 spiro atoms. The summed E-state index contributed by atoms with van der Waals surface area (Å²) in [7, 11) is 0. The molecule has 0 N–H and O–H groups in total. The SMILES string of the molecule is Cc1cncc(C(=O)N2CCC[C@H]2C)c1. The Balaban J connectivity index is 2.20. The molecule has 0 aliphatic carbocycles. The van der Waals surface area contributed by atoms with Gasteiger partial charge in [0.2, 0.25) is 0 Å². The zero-order valence-electron chi connectivity index (χ0n) is 9.23. The van der Waals surface area contributed by atoms with Gasteiger partial charge in [0.05, 0.1) is 5.56 Å². The Morgan fingerprint density at radius 1 is 1.53 bits per heavy atom. The fraction of sp³-hybridized carbons (Fsp3) is 0.500. The molecule has 1 fully saturated rings. The van der Waals surface area contributed by atoms with Gasteiger partial charge in [0.1, 0.15) is 0 Å². The molecule has 1 aromatic heterocycles. The molecule has 0 unspecified atom stereocenters. The van der Waals surface area contributed by atoms with Gasteiger partial charge in [-0.15, -0.1) is 0 Å². The molecule has 1 saturated heterocycles. The molecule has 80 valence electrons. The maximum atomic E-state index is 12.1. The summed E-state index contributed by atoms with van der Waals surface area (Å²) < 4.78 is 0. The van der Waals surface area contributed by atoms with Gasteiger partial charge in [-0.05, 0) is 38.3 Å². The fourth-order valence-corrected chi connectivity index (χ4v) is 2.07. The zero-order valence-corrected chi connectivity index (χ0v) is 9.23. The van der Waals surface area contributed by atoms with Crippen molar-refractivity contribution < 1.29 is 4.79 Å². The normalized spacial score (nSPS) is 20.7. The molecule has 3 nitrogen and oxygen atoms in total. The van der Waals surface area contributed by atoms with E-state index in [1.54, 1.807) is 12.4 Å². The summed E-state index contributed by atoms with van der Waals surface area (Å²) >= 11 is 0. The number of pyridine rings is 1. The molecule has 1 aliphatic rings. The number of amides is 1. The van der Waals surface area contributed by atoms with Crippen molar-refractivity contribution in [2.45, 2.75) is 32.7 Å². The third kappa shape index (κ3) is 2.01. The summed E-state index contributed by atoms with van der Waals surface area (Å²) in [4.78, 5) is 18.1. The number of aryl methyl sites for hydroxylation is 1. The van der Waals surface area contributed by atoms with E-state index in [0.717, 1.165) is 24.9 Å². The summed E-state index contributed by atoms with van der Waals surface area (Å²) in [6, 6.07) is 2.28. The van der Waals surface area contributed by atoms with E-state index in [4.69, 9.17) is 0 Å². The van der Waals surface area contributed by atoms with Crippen LogP contribution in [0.2, 0.25) is 0 Å². The van der Waals surface area contributed by atoms with Crippen LogP contribution in [0.15, 0.2) is 18.5 Å². The second kappa shape index (κ2) is 4.01. The number of aromatic nitrogens is 1. The van der Waals surface area contributed by atoms with Gasteiger partial charge in [-0.2, -0.15) is 0 Å². The maximum Gasteiger partial charge on any atom is 0.255 e. The minimum absolute atomic E-state index is 0.121. The molecule has 3 heteroatoms. The van der Waals surface area contributed by atoms with Crippen LogP contribution in [0.3, 0.4) is 0 Å². The highest BCUT2D eigenvalue weighted by molar-refractivity contribution is 5.94. The van der Waals surface area contributed by atoms with Crippen molar-refractivity contribution in [3.8, 4) is 0 Å². The van der Waals surface area contributed by atoms with E-state index in [1.165, 1.54) is 0 Å². The van der Waals surface area contributed by atoms with Crippen LogP contribution in [0.25, 0.3) is 0 Å². The second-order valence-electron chi connectivity index (χ2n) is 4.24. The number of carbonyl (C=O) groups excluding carboxylic acids is 1. The van der Waals surface area contributed by atoms with Crippen LogP contribution in [0, 0.1) is 6.92 Å². The lowest BCUT2D eigenvalue weighted by atomic mass is 10.2. The first-order valence-corrected chi connectivity index (χ1v) is 5.41. The van der Waals surface area contributed by atoms with Crippen molar-refractivity contribution in [2.24, 2.45) is 0 Å². The first-order chi connectivity index (χ1) is 7.18. The molecule has 1 aromatic rings. The van der Waals surface area contributed by atoms with Gasteiger partial charge in [0, 0.05) is 25.0 Å². The fourth-order valence-electron chi connectivity index (χ4n) is 2.07. The monoisotopic (exact) mass is 204 g/mol. The third-order valence-corrected chi connectivity index (χ3v) is 2.94. The lowest BCUT2D eigenvalue weighted by Crippen LogP contribution is -2.33. The first-order valence-electron chi connectivity index (χ1n) is 5.41. The molecular formula is C12H16N2O. The molecular weight excluding hydrogens is 188 g/mol. The highest BCUT2D eigenvalue weighted by Gasteiger charge is 2.25. The van der Waals surface area contributed by atoms with Crippen LogP contribution in [0.1, 0.15) is 35.7 Å². The van der Waals surface area contributed by atoms with Crippen molar-refractivity contribution in [1.82, 2.24) is 9.88 Å². The third-order valence-electron chi connectivity index (χ3n) is 2.94. The van der Waals surface area contributed by atoms with Gasteiger partial charge in [0.25, 0.3) is 5.91 Å². The Hall–Kier alpha value is -1.38. The van der Waals surface area contributed by atoms with E-state index in [2.05, 4.69) is 11.9 Å². The van der Waals surface area contributed by atoms with Gasteiger partial charge in [-0.3, -0.25) is 9.78 Å². The van der Waals surface area contributed by atoms with Gasteiger partial charge >= 0.3 is 0 Å². The van der Waals surface area contributed by atoms with E-state index in [0.29, 0.717) is 11.6 Å². The molecule has 0 bridgehead atoms. The molecule has 2 heterocycles. The van der Waals surface area contributed by atoms with Crippen LogP contribution in [-0.4, -0.2) is 28.4 Å². The molecule has 1 atom stereocenters. The summed E-state index contributed by atoms with van der Waals surface area (Å²) in [6.07, 6.45) is 5.65. The number of hydrogen-bond acceptors (Lipinski definition) is 2. The van der Waals surface area contributed by atoms with Gasteiger partial charge < -0.3 is 4.90 Å². The van der Waals surface area contributed by atoms with Crippen LogP contribution >= 0.6 is 0 Å². The molecule has 0 saturated carbocycles. The lowest BCUT2D eigenvalue weighted by molar-refractivity contribution is 0.0747. The van der Waals surface area contributed by atoms with Crippen LogP contribution in [0.4, 0.5) is 0 Å². The Bertz CT molecular complexity index is 376.